The second kappa shape index (κ2) is 8.12. The average Bonchev–Trinajstić information content (AvgIpc) is 3.35. The highest BCUT2D eigenvalue weighted by Crippen LogP contribution is 2.42. The van der Waals surface area contributed by atoms with Crippen molar-refractivity contribution in [3.63, 3.8) is 0 Å². The Morgan fingerprint density at radius 1 is 1.06 bits per heavy atom. The lowest BCUT2D eigenvalue weighted by molar-refractivity contribution is -0.0431. The van der Waals surface area contributed by atoms with Crippen molar-refractivity contribution in [2.24, 2.45) is 5.10 Å². The van der Waals surface area contributed by atoms with Crippen LogP contribution in [0.3, 0.4) is 0 Å². The molecule has 0 bridgehead atoms. The Kier molecular flexibility index (Phi) is 5.25. The Balaban J connectivity index is 1.42. The number of carbonyl (C=O) groups is 1. The lowest BCUT2D eigenvalue weighted by atomic mass is 9.91. The molecule has 0 aromatic heterocycles. The van der Waals surface area contributed by atoms with Gasteiger partial charge < -0.3 is 14.8 Å². The Labute approximate surface area is 197 Å². The van der Waals surface area contributed by atoms with Crippen LogP contribution in [0.1, 0.15) is 36.5 Å². The van der Waals surface area contributed by atoms with Gasteiger partial charge in [-0.3, -0.25) is 0 Å². The third-order valence-electron chi connectivity index (χ3n) is 5.73. The van der Waals surface area contributed by atoms with Crippen LogP contribution in [0.5, 0.6) is 11.5 Å². The highest BCUT2D eigenvalue weighted by molar-refractivity contribution is 6.30. The molecule has 1 N–H and O–H groups in total. The highest BCUT2D eigenvalue weighted by atomic mass is 35.5. The number of amides is 2. The Morgan fingerprint density at radius 2 is 1.73 bits per heavy atom. The van der Waals surface area contributed by atoms with Gasteiger partial charge in [0.15, 0.2) is 11.5 Å². The van der Waals surface area contributed by atoms with Crippen LogP contribution in [0.25, 0.3) is 0 Å². The summed E-state index contributed by atoms with van der Waals surface area (Å²) < 4.78 is 11.6. The molecular formula is C26H24ClN3O3. The molecule has 0 aliphatic carbocycles. The summed E-state index contributed by atoms with van der Waals surface area (Å²) in [6.45, 7) is 6.05. The normalized spacial score (nSPS) is 18.2. The number of fused-ring (bicyclic) bond motifs is 1. The summed E-state index contributed by atoms with van der Waals surface area (Å²) in [4.78, 5) is 13.2. The van der Waals surface area contributed by atoms with Crippen molar-refractivity contribution in [2.45, 2.75) is 32.5 Å². The first kappa shape index (κ1) is 21.3. The predicted octanol–water partition coefficient (Wildman–Crippen LogP) is 6.19. The zero-order valence-corrected chi connectivity index (χ0v) is 19.4. The Hall–Kier alpha value is -3.51. The zero-order chi connectivity index (χ0) is 23.2. The third-order valence-corrected chi connectivity index (χ3v) is 5.99. The van der Waals surface area contributed by atoms with E-state index in [9.17, 15) is 4.79 Å². The monoisotopic (exact) mass is 461 g/mol. The lowest BCUT2D eigenvalue weighted by Gasteiger charge is -2.17. The molecule has 33 heavy (non-hydrogen) atoms. The smallest absolute Gasteiger partial charge is 0.342 e. The standard InChI is InChI=1S/C26H24ClN3O3/c1-16-13-22-23(33-26(2,3)32-22)14-21(16)28-25(31)30-15-20(17-7-5-4-6-8-17)24(29-30)18-9-11-19(27)12-10-18/h4-14,20H,15H2,1-3H3,(H,28,31). The molecule has 2 aliphatic rings. The van der Waals surface area contributed by atoms with Crippen molar-refractivity contribution in [3.05, 3.63) is 88.4 Å². The molecule has 0 saturated carbocycles. The molecule has 1 atom stereocenters. The third kappa shape index (κ3) is 4.26. The van der Waals surface area contributed by atoms with Crippen LogP contribution in [0.4, 0.5) is 10.5 Å². The van der Waals surface area contributed by atoms with E-state index in [1.807, 2.05) is 69.3 Å². The van der Waals surface area contributed by atoms with Crippen LogP contribution in [-0.2, 0) is 0 Å². The van der Waals surface area contributed by atoms with Gasteiger partial charge >= 0.3 is 6.03 Å². The summed E-state index contributed by atoms with van der Waals surface area (Å²) in [5.41, 5.74) is 4.40. The van der Waals surface area contributed by atoms with Gasteiger partial charge in [-0.05, 0) is 41.8 Å². The number of benzene rings is 3. The number of nitrogens with zero attached hydrogens (tertiary/aromatic N) is 2. The molecule has 168 valence electrons. The number of carbonyl (C=O) groups excluding carboxylic acids is 1. The van der Waals surface area contributed by atoms with Crippen LogP contribution in [0, 0.1) is 6.92 Å². The summed E-state index contributed by atoms with van der Waals surface area (Å²) in [7, 11) is 0. The SMILES string of the molecule is Cc1cc2c(cc1NC(=O)N1CC(c3ccccc3)C(c3ccc(Cl)cc3)=N1)OC(C)(C)O2. The topological polar surface area (TPSA) is 63.2 Å². The van der Waals surface area contributed by atoms with Gasteiger partial charge in [0.1, 0.15) is 0 Å². The summed E-state index contributed by atoms with van der Waals surface area (Å²) in [6, 6.07) is 21.0. The zero-order valence-electron chi connectivity index (χ0n) is 18.6. The van der Waals surface area contributed by atoms with Gasteiger partial charge in [0.2, 0.25) is 5.79 Å². The molecule has 0 fully saturated rings. The molecule has 0 radical (unpaired) electrons. The molecule has 5 rings (SSSR count). The van der Waals surface area contributed by atoms with E-state index in [0.29, 0.717) is 28.8 Å². The molecule has 0 saturated heterocycles. The van der Waals surface area contributed by atoms with E-state index in [1.54, 1.807) is 6.07 Å². The van der Waals surface area contributed by atoms with Crippen molar-refractivity contribution in [1.29, 1.82) is 0 Å². The van der Waals surface area contributed by atoms with Gasteiger partial charge in [-0.2, -0.15) is 5.10 Å². The molecule has 1 unspecified atom stereocenters. The maximum atomic E-state index is 13.2. The van der Waals surface area contributed by atoms with Crippen molar-refractivity contribution in [2.75, 3.05) is 11.9 Å². The van der Waals surface area contributed by atoms with Crippen molar-refractivity contribution < 1.29 is 14.3 Å². The van der Waals surface area contributed by atoms with Gasteiger partial charge in [-0.15, -0.1) is 0 Å². The number of hydrogen-bond donors (Lipinski definition) is 1. The number of ether oxygens (including phenoxy) is 2. The summed E-state index contributed by atoms with van der Waals surface area (Å²) in [5, 5.41) is 9.83. The number of aryl methyl sites for hydroxylation is 1. The van der Waals surface area contributed by atoms with Gasteiger partial charge in [0.05, 0.1) is 12.3 Å². The number of rotatable bonds is 3. The molecule has 3 aromatic rings. The predicted molar refractivity (Wildman–Crippen MR) is 129 cm³/mol. The number of anilines is 1. The molecule has 3 aromatic carbocycles. The summed E-state index contributed by atoms with van der Waals surface area (Å²) in [5.74, 6) is 0.503. The maximum Gasteiger partial charge on any atom is 0.342 e. The quantitative estimate of drug-likeness (QED) is 0.505. The number of hydrogen-bond acceptors (Lipinski definition) is 4. The highest BCUT2D eigenvalue weighted by Gasteiger charge is 2.34. The van der Waals surface area contributed by atoms with Gasteiger partial charge in [0.25, 0.3) is 0 Å². The minimum Gasteiger partial charge on any atom is -0.449 e. The van der Waals surface area contributed by atoms with Crippen molar-refractivity contribution in [3.8, 4) is 11.5 Å². The molecule has 2 heterocycles. The molecule has 0 spiro atoms. The maximum absolute atomic E-state index is 13.2. The van der Waals surface area contributed by atoms with Gasteiger partial charge in [-0.1, -0.05) is 54.1 Å². The Bertz CT molecular complexity index is 1240. The van der Waals surface area contributed by atoms with E-state index in [0.717, 1.165) is 22.4 Å². The molecule has 6 nitrogen and oxygen atoms in total. The fourth-order valence-electron chi connectivity index (χ4n) is 4.14. The largest absolute Gasteiger partial charge is 0.449 e. The van der Waals surface area contributed by atoms with Gasteiger partial charge in [-0.25, -0.2) is 9.80 Å². The van der Waals surface area contributed by atoms with Crippen molar-refractivity contribution in [1.82, 2.24) is 5.01 Å². The average molecular weight is 462 g/mol. The number of nitrogens with one attached hydrogen (secondary N) is 1. The molecule has 2 aliphatic heterocycles. The molecular weight excluding hydrogens is 438 g/mol. The van der Waals surface area contributed by atoms with Crippen molar-refractivity contribution >= 4 is 29.0 Å². The number of hydrazone groups is 1. The van der Waals surface area contributed by atoms with E-state index in [1.165, 1.54) is 5.01 Å². The van der Waals surface area contributed by atoms with Crippen LogP contribution < -0.4 is 14.8 Å². The van der Waals surface area contributed by atoms with E-state index in [-0.39, 0.29) is 11.9 Å². The minimum absolute atomic E-state index is 0.0447. The van der Waals surface area contributed by atoms with Crippen LogP contribution in [-0.4, -0.2) is 29.1 Å². The fourth-order valence-corrected chi connectivity index (χ4v) is 4.27. The van der Waals surface area contributed by atoms with E-state index in [4.69, 9.17) is 26.2 Å². The first-order valence-corrected chi connectivity index (χ1v) is 11.2. The van der Waals surface area contributed by atoms with E-state index < -0.39 is 5.79 Å². The first-order chi connectivity index (χ1) is 15.8. The lowest BCUT2D eigenvalue weighted by Crippen LogP contribution is -2.30. The van der Waals surface area contributed by atoms with E-state index >= 15 is 0 Å². The fraction of sp³-hybridized carbons (Fsp3) is 0.231. The van der Waals surface area contributed by atoms with E-state index in [2.05, 4.69) is 17.4 Å². The number of urea groups is 1. The van der Waals surface area contributed by atoms with Gasteiger partial charge in [0, 0.05) is 36.5 Å². The van der Waals surface area contributed by atoms with Crippen LogP contribution in [0.15, 0.2) is 71.8 Å². The van der Waals surface area contributed by atoms with Crippen LogP contribution in [0.2, 0.25) is 5.02 Å². The summed E-state index contributed by atoms with van der Waals surface area (Å²) in [6.07, 6.45) is 0. The molecule has 2 amide bonds. The second-order valence-electron chi connectivity index (χ2n) is 8.69. The number of halogens is 1. The first-order valence-electron chi connectivity index (χ1n) is 10.8. The Morgan fingerprint density at radius 3 is 2.42 bits per heavy atom. The molecule has 7 heteroatoms. The van der Waals surface area contributed by atoms with Crippen LogP contribution >= 0.6 is 11.6 Å². The summed E-state index contributed by atoms with van der Waals surface area (Å²) >= 11 is 6.08. The minimum atomic E-state index is -0.729. The second-order valence-corrected chi connectivity index (χ2v) is 9.12.